The predicted octanol–water partition coefficient (Wildman–Crippen LogP) is 3.16. The normalized spacial score (nSPS) is 13.3. The molecule has 0 fully saturated rings. The van der Waals surface area contributed by atoms with Crippen molar-refractivity contribution in [3.63, 3.8) is 0 Å². The lowest BCUT2D eigenvalue weighted by molar-refractivity contribution is -0.384. The Kier molecular flexibility index (Phi) is 4.84. The van der Waals surface area contributed by atoms with Crippen molar-refractivity contribution >= 4 is 5.69 Å². The van der Waals surface area contributed by atoms with Crippen molar-refractivity contribution in [1.82, 2.24) is 5.32 Å². The number of non-ortho nitro benzene ring substituents is 1. The van der Waals surface area contributed by atoms with Gasteiger partial charge in [-0.25, -0.2) is 0 Å². The highest BCUT2D eigenvalue weighted by Gasteiger charge is 2.22. The number of aryl methyl sites for hydroxylation is 1. The predicted molar refractivity (Wildman–Crippen MR) is 73.7 cm³/mol. The smallest absolute Gasteiger partial charge is 0.269 e. The third-order valence-electron chi connectivity index (χ3n) is 3.24. The molecule has 1 atom stereocenters. The molecular weight excluding hydrogens is 228 g/mol. The number of nitrogens with one attached hydrogen (secondary N) is 1. The Morgan fingerprint density at radius 2 is 2.06 bits per heavy atom. The number of nitro benzene ring substituents is 1. The van der Waals surface area contributed by atoms with Crippen LogP contribution in [0, 0.1) is 15.5 Å². The standard InChI is InChI=1S/C14H22N2O2/c1-14(2,3)13(15-4)9-8-11-6-5-7-12(10-11)16(17)18/h5-7,10,13,15H,8-9H2,1-4H3. The number of nitrogens with zero attached hydrogens (tertiary/aromatic N) is 1. The lowest BCUT2D eigenvalue weighted by atomic mass is 9.83. The summed E-state index contributed by atoms with van der Waals surface area (Å²) in [7, 11) is 1.96. The highest BCUT2D eigenvalue weighted by atomic mass is 16.6. The van der Waals surface area contributed by atoms with E-state index in [1.54, 1.807) is 12.1 Å². The number of benzene rings is 1. The third-order valence-corrected chi connectivity index (χ3v) is 3.24. The van der Waals surface area contributed by atoms with Crippen LogP contribution in [-0.4, -0.2) is 18.0 Å². The molecule has 0 bridgehead atoms. The van der Waals surface area contributed by atoms with Gasteiger partial charge < -0.3 is 5.32 Å². The van der Waals surface area contributed by atoms with Gasteiger partial charge in [0.05, 0.1) is 4.92 Å². The molecule has 1 N–H and O–H groups in total. The monoisotopic (exact) mass is 250 g/mol. The van der Waals surface area contributed by atoms with E-state index >= 15 is 0 Å². The SMILES string of the molecule is CNC(CCc1cccc([N+](=O)[O-])c1)C(C)(C)C. The molecule has 0 spiro atoms. The van der Waals surface area contributed by atoms with Crippen LogP contribution >= 0.6 is 0 Å². The topological polar surface area (TPSA) is 55.2 Å². The molecule has 0 saturated carbocycles. The molecule has 1 aromatic rings. The maximum absolute atomic E-state index is 10.7. The first kappa shape index (κ1) is 14.6. The summed E-state index contributed by atoms with van der Waals surface area (Å²) in [4.78, 5) is 10.4. The minimum absolute atomic E-state index is 0.171. The summed E-state index contributed by atoms with van der Waals surface area (Å²) < 4.78 is 0. The molecule has 4 nitrogen and oxygen atoms in total. The molecule has 0 aliphatic rings. The summed E-state index contributed by atoms with van der Waals surface area (Å²) in [6.07, 6.45) is 1.83. The van der Waals surface area contributed by atoms with Crippen LogP contribution in [0.1, 0.15) is 32.8 Å². The number of hydrogen-bond donors (Lipinski definition) is 1. The highest BCUT2D eigenvalue weighted by Crippen LogP contribution is 2.23. The molecular formula is C14H22N2O2. The van der Waals surface area contributed by atoms with Gasteiger partial charge in [-0.1, -0.05) is 32.9 Å². The molecule has 100 valence electrons. The van der Waals surface area contributed by atoms with Crippen molar-refractivity contribution in [2.24, 2.45) is 5.41 Å². The minimum atomic E-state index is -0.344. The van der Waals surface area contributed by atoms with Crippen LogP contribution in [0.4, 0.5) is 5.69 Å². The number of hydrogen-bond acceptors (Lipinski definition) is 3. The number of nitro groups is 1. The lowest BCUT2D eigenvalue weighted by Crippen LogP contribution is -2.38. The Balaban J connectivity index is 2.68. The van der Waals surface area contributed by atoms with Gasteiger partial charge in [0.2, 0.25) is 0 Å². The fourth-order valence-electron chi connectivity index (χ4n) is 2.15. The van der Waals surface area contributed by atoms with Crippen molar-refractivity contribution in [2.45, 2.75) is 39.7 Å². The Morgan fingerprint density at radius 3 is 2.56 bits per heavy atom. The molecule has 1 aromatic carbocycles. The summed E-state index contributed by atoms with van der Waals surface area (Å²) in [6.45, 7) is 6.59. The first-order valence-electron chi connectivity index (χ1n) is 6.25. The summed E-state index contributed by atoms with van der Waals surface area (Å²) in [5, 5.41) is 14.0. The molecule has 0 aliphatic carbocycles. The Bertz CT molecular complexity index is 411. The summed E-state index contributed by atoms with van der Waals surface area (Å²) in [5.74, 6) is 0. The minimum Gasteiger partial charge on any atom is -0.316 e. The van der Waals surface area contributed by atoms with E-state index in [2.05, 4.69) is 26.1 Å². The molecule has 1 rings (SSSR count). The zero-order valence-corrected chi connectivity index (χ0v) is 11.6. The van der Waals surface area contributed by atoms with Crippen molar-refractivity contribution in [2.75, 3.05) is 7.05 Å². The van der Waals surface area contributed by atoms with E-state index in [0.717, 1.165) is 18.4 Å². The average Bonchev–Trinajstić information content (AvgIpc) is 2.28. The fraction of sp³-hybridized carbons (Fsp3) is 0.571. The molecule has 0 heterocycles. The van der Waals surface area contributed by atoms with Crippen molar-refractivity contribution in [3.8, 4) is 0 Å². The van der Waals surface area contributed by atoms with Gasteiger partial charge in [0.25, 0.3) is 5.69 Å². The molecule has 1 unspecified atom stereocenters. The summed E-state index contributed by atoms with van der Waals surface area (Å²) >= 11 is 0. The van der Waals surface area contributed by atoms with E-state index in [1.165, 1.54) is 6.07 Å². The van der Waals surface area contributed by atoms with Crippen LogP contribution in [0.3, 0.4) is 0 Å². The van der Waals surface area contributed by atoms with Crippen LogP contribution < -0.4 is 5.32 Å². The quantitative estimate of drug-likeness (QED) is 0.645. The first-order valence-corrected chi connectivity index (χ1v) is 6.25. The zero-order valence-electron chi connectivity index (χ0n) is 11.6. The van der Waals surface area contributed by atoms with Crippen LogP contribution in [0.15, 0.2) is 24.3 Å². The highest BCUT2D eigenvalue weighted by molar-refractivity contribution is 5.34. The molecule has 0 aromatic heterocycles. The van der Waals surface area contributed by atoms with Crippen LogP contribution in [-0.2, 0) is 6.42 Å². The second-order valence-electron chi connectivity index (χ2n) is 5.67. The van der Waals surface area contributed by atoms with Crippen molar-refractivity contribution in [3.05, 3.63) is 39.9 Å². The maximum Gasteiger partial charge on any atom is 0.269 e. The van der Waals surface area contributed by atoms with Gasteiger partial charge in [0.1, 0.15) is 0 Å². The third kappa shape index (κ3) is 4.11. The van der Waals surface area contributed by atoms with Gasteiger partial charge in [0, 0.05) is 18.2 Å². The number of rotatable bonds is 5. The lowest BCUT2D eigenvalue weighted by Gasteiger charge is -2.30. The van der Waals surface area contributed by atoms with Gasteiger partial charge in [0.15, 0.2) is 0 Å². The molecule has 0 aliphatic heterocycles. The Labute approximate surface area is 109 Å². The van der Waals surface area contributed by atoms with E-state index < -0.39 is 0 Å². The molecule has 0 saturated heterocycles. The van der Waals surface area contributed by atoms with Crippen molar-refractivity contribution < 1.29 is 4.92 Å². The van der Waals surface area contributed by atoms with Gasteiger partial charge in [-0.3, -0.25) is 10.1 Å². The Morgan fingerprint density at radius 1 is 1.39 bits per heavy atom. The molecule has 0 radical (unpaired) electrons. The Hall–Kier alpha value is -1.42. The van der Waals surface area contributed by atoms with E-state index in [-0.39, 0.29) is 16.0 Å². The van der Waals surface area contributed by atoms with E-state index in [1.807, 2.05) is 13.1 Å². The van der Waals surface area contributed by atoms with E-state index in [0.29, 0.717) is 6.04 Å². The largest absolute Gasteiger partial charge is 0.316 e. The molecule has 18 heavy (non-hydrogen) atoms. The van der Waals surface area contributed by atoms with Crippen LogP contribution in [0.5, 0.6) is 0 Å². The fourth-order valence-corrected chi connectivity index (χ4v) is 2.15. The maximum atomic E-state index is 10.7. The zero-order chi connectivity index (χ0) is 13.8. The van der Waals surface area contributed by atoms with Crippen LogP contribution in [0.2, 0.25) is 0 Å². The van der Waals surface area contributed by atoms with Gasteiger partial charge >= 0.3 is 0 Å². The van der Waals surface area contributed by atoms with E-state index in [9.17, 15) is 10.1 Å². The van der Waals surface area contributed by atoms with Gasteiger partial charge in [-0.15, -0.1) is 0 Å². The summed E-state index contributed by atoms with van der Waals surface area (Å²) in [6, 6.07) is 7.29. The second-order valence-corrected chi connectivity index (χ2v) is 5.67. The van der Waals surface area contributed by atoms with E-state index in [4.69, 9.17) is 0 Å². The van der Waals surface area contributed by atoms with Crippen molar-refractivity contribution in [1.29, 1.82) is 0 Å². The average molecular weight is 250 g/mol. The molecule has 0 amide bonds. The van der Waals surface area contributed by atoms with Crippen LogP contribution in [0.25, 0.3) is 0 Å². The van der Waals surface area contributed by atoms with Gasteiger partial charge in [-0.2, -0.15) is 0 Å². The first-order chi connectivity index (χ1) is 8.34. The molecule has 4 heteroatoms. The van der Waals surface area contributed by atoms with Gasteiger partial charge in [-0.05, 0) is 30.9 Å². The summed E-state index contributed by atoms with van der Waals surface area (Å²) in [5.41, 5.74) is 1.38. The second kappa shape index (κ2) is 5.96.